The van der Waals surface area contributed by atoms with Crippen molar-refractivity contribution >= 4 is 11.8 Å². The first-order valence-corrected chi connectivity index (χ1v) is 11.0. The molecule has 1 aromatic heterocycles. The second kappa shape index (κ2) is 9.07. The van der Waals surface area contributed by atoms with Gasteiger partial charge >= 0.3 is 0 Å². The van der Waals surface area contributed by atoms with E-state index in [4.69, 9.17) is 0 Å². The molecule has 4 rings (SSSR count). The third-order valence-corrected chi connectivity index (χ3v) is 6.49. The van der Waals surface area contributed by atoms with Crippen molar-refractivity contribution < 1.29 is 9.59 Å². The SMILES string of the molecule is O=C(NCCCn1ccnc1)[C@H]1CCCN(C2CCN(C(=O)C3CC3)CC2)C1. The zero-order valence-electron chi connectivity index (χ0n) is 16.8. The minimum atomic E-state index is 0.105. The quantitative estimate of drug-likeness (QED) is 0.720. The van der Waals surface area contributed by atoms with Crippen LogP contribution in [0.25, 0.3) is 0 Å². The van der Waals surface area contributed by atoms with Gasteiger partial charge in [0, 0.05) is 57.1 Å². The predicted octanol–water partition coefficient (Wildman–Crippen LogP) is 1.50. The second-order valence-electron chi connectivity index (χ2n) is 8.61. The highest BCUT2D eigenvalue weighted by Gasteiger charge is 2.37. The van der Waals surface area contributed by atoms with E-state index in [1.807, 2.05) is 17.1 Å². The monoisotopic (exact) mass is 387 g/mol. The van der Waals surface area contributed by atoms with E-state index in [9.17, 15) is 9.59 Å². The van der Waals surface area contributed by atoms with Gasteiger partial charge in [0.2, 0.25) is 11.8 Å². The lowest BCUT2D eigenvalue weighted by Crippen LogP contribution is -2.51. The smallest absolute Gasteiger partial charge is 0.225 e. The molecular weight excluding hydrogens is 354 g/mol. The van der Waals surface area contributed by atoms with Gasteiger partial charge in [-0.2, -0.15) is 0 Å². The van der Waals surface area contributed by atoms with Crippen molar-refractivity contribution in [2.45, 2.75) is 57.5 Å². The third-order valence-electron chi connectivity index (χ3n) is 6.49. The number of hydrogen-bond donors (Lipinski definition) is 1. The fourth-order valence-electron chi connectivity index (χ4n) is 4.63. The van der Waals surface area contributed by atoms with Crippen LogP contribution in [-0.4, -0.2) is 69.9 Å². The van der Waals surface area contributed by atoms with Crippen LogP contribution in [-0.2, 0) is 16.1 Å². The number of carbonyl (C=O) groups excluding carboxylic acids is 2. The summed E-state index contributed by atoms with van der Waals surface area (Å²) in [6.07, 6.45) is 12.8. The molecule has 28 heavy (non-hydrogen) atoms. The largest absolute Gasteiger partial charge is 0.356 e. The van der Waals surface area contributed by atoms with Crippen LogP contribution in [0.1, 0.15) is 44.9 Å². The summed E-state index contributed by atoms with van der Waals surface area (Å²) in [6.45, 7) is 5.34. The summed E-state index contributed by atoms with van der Waals surface area (Å²) in [7, 11) is 0. The number of piperidine rings is 2. The Hall–Kier alpha value is -1.89. The van der Waals surface area contributed by atoms with Crippen molar-refractivity contribution in [1.29, 1.82) is 0 Å². The van der Waals surface area contributed by atoms with Crippen molar-refractivity contribution in [1.82, 2.24) is 24.7 Å². The molecule has 0 unspecified atom stereocenters. The maximum Gasteiger partial charge on any atom is 0.225 e. The highest BCUT2D eigenvalue weighted by atomic mass is 16.2. The average molecular weight is 388 g/mol. The molecule has 1 N–H and O–H groups in total. The van der Waals surface area contributed by atoms with Gasteiger partial charge in [-0.15, -0.1) is 0 Å². The lowest BCUT2D eigenvalue weighted by molar-refractivity contribution is -0.134. The number of aromatic nitrogens is 2. The van der Waals surface area contributed by atoms with Crippen molar-refractivity contribution in [3.05, 3.63) is 18.7 Å². The number of amides is 2. The highest BCUT2D eigenvalue weighted by Crippen LogP contribution is 2.32. The molecule has 154 valence electrons. The predicted molar refractivity (Wildman–Crippen MR) is 106 cm³/mol. The summed E-state index contributed by atoms with van der Waals surface area (Å²) < 4.78 is 2.04. The van der Waals surface area contributed by atoms with Crippen LogP contribution in [0.4, 0.5) is 0 Å². The van der Waals surface area contributed by atoms with Crippen LogP contribution in [0, 0.1) is 11.8 Å². The number of rotatable bonds is 7. The Bertz CT molecular complexity index is 650. The first-order valence-electron chi connectivity index (χ1n) is 11.0. The number of hydrogen-bond acceptors (Lipinski definition) is 4. The van der Waals surface area contributed by atoms with Crippen molar-refractivity contribution in [2.75, 3.05) is 32.7 Å². The maximum absolute atomic E-state index is 12.6. The molecule has 2 amide bonds. The lowest BCUT2D eigenvalue weighted by Gasteiger charge is -2.42. The Labute approximate surface area is 167 Å². The van der Waals surface area contributed by atoms with Crippen LogP contribution in [0.15, 0.2) is 18.7 Å². The van der Waals surface area contributed by atoms with Crippen LogP contribution >= 0.6 is 0 Å². The number of nitrogens with zero attached hydrogens (tertiary/aromatic N) is 4. The van der Waals surface area contributed by atoms with E-state index in [1.54, 1.807) is 6.20 Å². The molecule has 7 heteroatoms. The topological polar surface area (TPSA) is 70.5 Å². The van der Waals surface area contributed by atoms with Gasteiger partial charge in [-0.1, -0.05) is 0 Å². The number of imidazole rings is 1. The van der Waals surface area contributed by atoms with Gasteiger partial charge in [-0.05, 0) is 51.5 Å². The van der Waals surface area contributed by atoms with E-state index in [0.717, 1.165) is 84.2 Å². The molecule has 2 aliphatic heterocycles. The Kier molecular flexibility index (Phi) is 6.29. The van der Waals surface area contributed by atoms with Gasteiger partial charge in [0.25, 0.3) is 0 Å². The average Bonchev–Trinajstić information content (AvgIpc) is 3.46. The Morgan fingerprint density at radius 2 is 1.86 bits per heavy atom. The molecule has 3 heterocycles. The van der Waals surface area contributed by atoms with Gasteiger partial charge < -0.3 is 14.8 Å². The minimum Gasteiger partial charge on any atom is -0.356 e. The van der Waals surface area contributed by atoms with E-state index in [2.05, 4.69) is 20.1 Å². The van der Waals surface area contributed by atoms with Crippen LogP contribution < -0.4 is 5.32 Å². The molecule has 1 atom stereocenters. The Balaban J connectivity index is 1.17. The first-order chi connectivity index (χ1) is 13.7. The fourth-order valence-corrected chi connectivity index (χ4v) is 4.63. The summed E-state index contributed by atoms with van der Waals surface area (Å²) in [4.78, 5) is 33.5. The number of nitrogens with one attached hydrogen (secondary N) is 1. The molecule has 0 spiro atoms. The summed E-state index contributed by atoms with van der Waals surface area (Å²) in [5.41, 5.74) is 0. The van der Waals surface area contributed by atoms with Gasteiger partial charge in [-0.25, -0.2) is 4.98 Å². The molecule has 0 aromatic carbocycles. The molecular formula is C21H33N5O2. The number of aryl methyl sites for hydroxylation is 1. The van der Waals surface area contributed by atoms with Gasteiger partial charge in [0.1, 0.15) is 0 Å². The third kappa shape index (κ3) is 4.93. The van der Waals surface area contributed by atoms with Crippen LogP contribution in [0.5, 0.6) is 0 Å². The summed E-state index contributed by atoms with van der Waals surface area (Å²) in [5, 5.41) is 3.13. The van der Waals surface area contributed by atoms with E-state index in [0.29, 0.717) is 17.9 Å². The minimum absolute atomic E-state index is 0.105. The molecule has 3 aliphatic rings. The van der Waals surface area contributed by atoms with E-state index in [1.165, 1.54) is 0 Å². The lowest BCUT2D eigenvalue weighted by atomic mass is 9.93. The normalized spacial score (nSPS) is 24.3. The van der Waals surface area contributed by atoms with Crippen molar-refractivity contribution in [3.8, 4) is 0 Å². The zero-order chi connectivity index (χ0) is 19.3. The Morgan fingerprint density at radius 3 is 2.57 bits per heavy atom. The molecule has 0 radical (unpaired) electrons. The first kappa shape index (κ1) is 19.4. The van der Waals surface area contributed by atoms with Crippen LogP contribution in [0.2, 0.25) is 0 Å². The second-order valence-corrected chi connectivity index (χ2v) is 8.61. The molecule has 1 aliphatic carbocycles. The summed E-state index contributed by atoms with van der Waals surface area (Å²) >= 11 is 0. The van der Waals surface area contributed by atoms with E-state index >= 15 is 0 Å². The van der Waals surface area contributed by atoms with Gasteiger partial charge in [-0.3, -0.25) is 14.5 Å². The highest BCUT2D eigenvalue weighted by molar-refractivity contribution is 5.81. The Morgan fingerprint density at radius 1 is 1.04 bits per heavy atom. The van der Waals surface area contributed by atoms with Crippen molar-refractivity contribution in [3.63, 3.8) is 0 Å². The van der Waals surface area contributed by atoms with Gasteiger partial charge in [0.05, 0.1) is 12.2 Å². The number of likely N-dealkylation sites (tertiary alicyclic amines) is 2. The van der Waals surface area contributed by atoms with Crippen LogP contribution in [0.3, 0.4) is 0 Å². The fraction of sp³-hybridized carbons (Fsp3) is 0.762. The summed E-state index contributed by atoms with van der Waals surface area (Å²) in [6, 6.07) is 0.528. The maximum atomic E-state index is 12.6. The molecule has 0 bridgehead atoms. The van der Waals surface area contributed by atoms with Crippen molar-refractivity contribution in [2.24, 2.45) is 11.8 Å². The summed E-state index contributed by atoms with van der Waals surface area (Å²) in [5.74, 6) is 1.02. The zero-order valence-corrected chi connectivity index (χ0v) is 16.8. The molecule has 7 nitrogen and oxygen atoms in total. The molecule has 1 saturated carbocycles. The van der Waals surface area contributed by atoms with Gasteiger partial charge in [0.15, 0.2) is 0 Å². The molecule has 2 saturated heterocycles. The molecule has 1 aromatic rings. The molecule has 3 fully saturated rings. The number of carbonyl (C=O) groups is 2. The van der Waals surface area contributed by atoms with E-state index in [-0.39, 0.29) is 11.8 Å². The van der Waals surface area contributed by atoms with E-state index < -0.39 is 0 Å². The standard InChI is InChI=1S/C21H33N5O2/c27-20(23-8-2-10-24-14-9-22-16-24)18-3-1-11-26(15-18)19-6-12-25(13-7-19)21(28)17-4-5-17/h9,14,16-19H,1-8,10-13,15H2,(H,23,27)/t18-/m0/s1.